The third-order valence-electron chi connectivity index (χ3n) is 2.76. The van der Waals surface area contributed by atoms with Gasteiger partial charge in [-0.25, -0.2) is 0 Å². The molecule has 0 saturated heterocycles. The Bertz CT molecular complexity index is 276. The van der Waals surface area contributed by atoms with Gasteiger partial charge in [0.15, 0.2) is 0 Å². The molecule has 1 heterocycles. The lowest BCUT2D eigenvalue weighted by atomic mass is 10.0. The fourth-order valence-electron chi connectivity index (χ4n) is 1.75. The number of aliphatic hydroxyl groups is 3. The smallest absolute Gasteiger partial charge is 0.306 e. The van der Waals surface area contributed by atoms with E-state index < -0.39 is 30.4 Å². The minimum absolute atomic E-state index is 0.106. The van der Waals surface area contributed by atoms with Crippen LogP contribution >= 0.6 is 0 Å². The molecule has 0 radical (unpaired) electrons. The third kappa shape index (κ3) is 4.46. The van der Waals surface area contributed by atoms with Gasteiger partial charge in [-0.15, -0.1) is 0 Å². The minimum atomic E-state index is -1.15. The average Bonchev–Trinajstić information content (AvgIpc) is 2.31. The molecular formula is C12H20O5. The lowest BCUT2D eigenvalue weighted by molar-refractivity contribution is -0.159. The van der Waals surface area contributed by atoms with E-state index in [-0.39, 0.29) is 12.8 Å². The molecule has 0 spiro atoms. The summed E-state index contributed by atoms with van der Waals surface area (Å²) in [7, 11) is 0. The van der Waals surface area contributed by atoms with Gasteiger partial charge in [-0.2, -0.15) is 0 Å². The average molecular weight is 244 g/mol. The van der Waals surface area contributed by atoms with E-state index in [4.69, 9.17) is 4.74 Å². The zero-order valence-corrected chi connectivity index (χ0v) is 9.95. The Labute approximate surface area is 101 Å². The minimum Gasteiger partial charge on any atom is -0.459 e. The van der Waals surface area contributed by atoms with Crippen LogP contribution in [0.4, 0.5) is 0 Å². The van der Waals surface area contributed by atoms with E-state index in [0.29, 0.717) is 6.42 Å². The highest BCUT2D eigenvalue weighted by atomic mass is 16.6. The molecule has 3 N–H and O–H groups in total. The van der Waals surface area contributed by atoms with Crippen LogP contribution in [0, 0.1) is 0 Å². The second-order valence-corrected chi connectivity index (χ2v) is 4.29. The van der Waals surface area contributed by atoms with E-state index in [1.54, 1.807) is 0 Å². The summed E-state index contributed by atoms with van der Waals surface area (Å²) in [5.41, 5.74) is 0. The van der Waals surface area contributed by atoms with Crippen LogP contribution in [0.5, 0.6) is 0 Å². The van der Waals surface area contributed by atoms with Crippen molar-refractivity contribution in [2.45, 2.75) is 57.0 Å². The van der Waals surface area contributed by atoms with Crippen molar-refractivity contribution in [2.75, 3.05) is 0 Å². The second-order valence-electron chi connectivity index (χ2n) is 4.29. The van der Waals surface area contributed by atoms with Crippen LogP contribution in [0.1, 0.15) is 32.6 Å². The van der Waals surface area contributed by atoms with E-state index in [0.717, 1.165) is 6.42 Å². The summed E-state index contributed by atoms with van der Waals surface area (Å²) in [6, 6.07) is 0. The molecule has 0 bridgehead atoms. The van der Waals surface area contributed by atoms with Crippen molar-refractivity contribution >= 4 is 5.97 Å². The lowest BCUT2D eigenvalue weighted by Crippen LogP contribution is -2.40. The Hall–Kier alpha value is -0.910. The molecule has 1 aliphatic heterocycles. The summed E-state index contributed by atoms with van der Waals surface area (Å²) in [6.07, 6.45) is 0.578. The first-order chi connectivity index (χ1) is 8.04. The van der Waals surface area contributed by atoms with Crippen LogP contribution in [0.25, 0.3) is 0 Å². The summed E-state index contributed by atoms with van der Waals surface area (Å²) in [5, 5.41) is 28.9. The predicted molar refractivity (Wildman–Crippen MR) is 61.2 cm³/mol. The molecule has 0 aliphatic carbocycles. The van der Waals surface area contributed by atoms with Gasteiger partial charge < -0.3 is 20.1 Å². The van der Waals surface area contributed by atoms with Crippen molar-refractivity contribution in [1.82, 2.24) is 0 Å². The molecule has 5 nitrogen and oxygen atoms in total. The van der Waals surface area contributed by atoms with Crippen molar-refractivity contribution in [2.24, 2.45) is 0 Å². The molecule has 1 rings (SSSR count). The second kappa shape index (κ2) is 6.74. The molecule has 0 aromatic rings. The Morgan fingerprint density at radius 3 is 2.71 bits per heavy atom. The molecule has 0 fully saturated rings. The van der Waals surface area contributed by atoms with Crippen molar-refractivity contribution in [3.8, 4) is 0 Å². The number of aliphatic hydroxyl groups excluding tert-OH is 3. The standard InChI is InChI=1S/C12H20O5/c1-2-3-10-12(16)9(14)6-4-8(13)5-7-11(15)17-10/h4,6,8-10,12-14,16H,2-3,5,7H2,1H3/b6-4+/t8-,9-,10+,12-/m0/s1. The van der Waals surface area contributed by atoms with Gasteiger partial charge in [-0.1, -0.05) is 25.5 Å². The number of hydrogen-bond acceptors (Lipinski definition) is 5. The maximum absolute atomic E-state index is 11.4. The monoisotopic (exact) mass is 244 g/mol. The fourth-order valence-corrected chi connectivity index (χ4v) is 1.75. The number of ether oxygens (including phenoxy) is 1. The Balaban J connectivity index is 2.78. The van der Waals surface area contributed by atoms with Gasteiger partial charge in [0, 0.05) is 6.42 Å². The first kappa shape index (κ1) is 14.2. The van der Waals surface area contributed by atoms with Crippen molar-refractivity contribution in [1.29, 1.82) is 0 Å². The highest BCUT2D eigenvalue weighted by molar-refractivity contribution is 5.69. The van der Waals surface area contributed by atoms with Crippen LogP contribution < -0.4 is 0 Å². The molecule has 5 heteroatoms. The fraction of sp³-hybridized carbons (Fsp3) is 0.750. The maximum atomic E-state index is 11.4. The van der Waals surface area contributed by atoms with Crippen molar-refractivity contribution in [3.63, 3.8) is 0 Å². The third-order valence-corrected chi connectivity index (χ3v) is 2.76. The molecule has 1 aliphatic rings. The largest absolute Gasteiger partial charge is 0.459 e. The SMILES string of the molecule is CCC[C@H]1OC(=O)CC[C@@H](O)/C=C/[C@H](O)[C@@H]1O. The number of rotatable bonds is 2. The lowest BCUT2D eigenvalue weighted by Gasteiger charge is -2.26. The van der Waals surface area contributed by atoms with E-state index in [1.165, 1.54) is 12.2 Å². The van der Waals surface area contributed by atoms with E-state index >= 15 is 0 Å². The molecule has 17 heavy (non-hydrogen) atoms. The molecular weight excluding hydrogens is 224 g/mol. The first-order valence-electron chi connectivity index (χ1n) is 5.96. The molecule has 0 saturated carbocycles. The summed E-state index contributed by atoms with van der Waals surface area (Å²) < 4.78 is 5.10. The summed E-state index contributed by atoms with van der Waals surface area (Å²) in [4.78, 5) is 11.4. The number of carbonyl (C=O) groups excluding carboxylic acids is 1. The van der Waals surface area contributed by atoms with E-state index in [1.807, 2.05) is 6.92 Å². The highest BCUT2D eigenvalue weighted by Gasteiger charge is 2.28. The highest BCUT2D eigenvalue weighted by Crippen LogP contribution is 2.15. The number of carbonyl (C=O) groups is 1. The Morgan fingerprint density at radius 1 is 1.35 bits per heavy atom. The van der Waals surface area contributed by atoms with E-state index in [9.17, 15) is 20.1 Å². The van der Waals surface area contributed by atoms with Gasteiger partial charge in [0.05, 0.1) is 6.10 Å². The predicted octanol–water partition coefficient (Wildman–Crippen LogP) is 0.131. The number of hydrogen-bond donors (Lipinski definition) is 3. The molecule has 0 unspecified atom stereocenters. The zero-order chi connectivity index (χ0) is 12.8. The van der Waals surface area contributed by atoms with Crippen LogP contribution in [0.15, 0.2) is 12.2 Å². The molecule has 0 amide bonds. The Morgan fingerprint density at radius 2 is 2.06 bits per heavy atom. The number of esters is 1. The van der Waals surface area contributed by atoms with E-state index in [2.05, 4.69) is 0 Å². The maximum Gasteiger partial charge on any atom is 0.306 e. The Kier molecular flexibility index (Phi) is 5.61. The quantitative estimate of drug-likeness (QED) is 0.475. The topological polar surface area (TPSA) is 87.0 Å². The van der Waals surface area contributed by atoms with Gasteiger partial charge in [0.1, 0.15) is 18.3 Å². The number of cyclic esters (lactones) is 1. The van der Waals surface area contributed by atoms with Gasteiger partial charge in [-0.05, 0) is 12.8 Å². The van der Waals surface area contributed by atoms with Gasteiger partial charge in [0.2, 0.25) is 0 Å². The van der Waals surface area contributed by atoms with Crippen LogP contribution in [-0.2, 0) is 9.53 Å². The van der Waals surface area contributed by atoms with Crippen molar-refractivity contribution < 1.29 is 24.9 Å². The summed E-state index contributed by atoms with van der Waals surface area (Å²) in [5.74, 6) is -0.455. The summed E-state index contributed by atoms with van der Waals surface area (Å²) >= 11 is 0. The molecule has 0 aromatic heterocycles. The molecule has 0 aromatic carbocycles. The van der Waals surface area contributed by atoms with Gasteiger partial charge in [-0.3, -0.25) is 4.79 Å². The normalized spacial score (nSPS) is 37.3. The van der Waals surface area contributed by atoms with Crippen LogP contribution in [0.3, 0.4) is 0 Å². The summed E-state index contributed by atoms with van der Waals surface area (Å²) in [6.45, 7) is 1.91. The van der Waals surface area contributed by atoms with Crippen LogP contribution in [-0.4, -0.2) is 45.7 Å². The van der Waals surface area contributed by atoms with Gasteiger partial charge in [0.25, 0.3) is 0 Å². The zero-order valence-electron chi connectivity index (χ0n) is 9.95. The van der Waals surface area contributed by atoms with Crippen molar-refractivity contribution in [3.05, 3.63) is 12.2 Å². The van der Waals surface area contributed by atoms with Crippen LogP contribution in [0.2, 0.25) is 0 Å². The molecule has 98 valence electrons. The molecule has 4 atom stereocenters. The van der Waals surface area contributed by atoms with Gasteiger partial charge >= 0.3 is 5.97 Å². The first-order valence-corrected chi connectivity index (χ1v) is 5.96.